The van der Waals surface area contributed by atoms with Gasteiger partial charge in [-0.3, -0.25) is 0 Å². The summed E-state index contributed by atoms with van der Waals surface area (Å²) in [5.41, 5.74) is 4.30. The Balaban J connectivity index is 3.02. The van der Waals surface area contributed by atoms with Gasteiger partial charge in [0.25, 0.3) is 0 Å². The van der Waals surface area contributed by atoms with Crippen LogP contribution in [0.25, 0.3) is 0 Å². The third-order valence-electron chi connectivity index (χ3n) is 2.18. The first kappa shape index (κ1) is 14.1. The standard InChI is InChI=1S/C10H11ClF3NO2/c1-9(16,5-15)6-2-3-8(7(11)4-6)17-10(12,13)14/h2-4,16H,5,15H2,1H3. The van der Waals surface area contributed by atoms with E-state index in [1.807, 2.05) is 0 Å². The highest BCUT2D eigenvalue weighted by Gasteiger charge is 2.32. The molecule has 0 aliphatic carbocycles. The number of rotatable bonds is 3. The minimum absolute atomic E-state index is 0.0806. The number of alkyl halides is 3. The van der Waals surface area contributed by atoms with Crippen molar-refractivity contribution in [2.45, 2.75) is 18.9 Å². The molecule has 7 heteroatoms. The summed E-state index contributed by atoms with van der Waals surface area (Å²) in [4.78, 5) is 0. The van der Waals surface area contributed by atoms with Crippen molar-refractivity contribution in [3.05, 3.63) is 28.8 Å². The van der Waals surface area contributed by atoms with Crippen LogP contribution in [0.3, 0.4) is 0 Å². The molecule has 0 fully saturated rings. The number of aliphatic hydroxyl groups is 1. The number of hydrogen-bond donors (Lipinski definition) is 2. The lowest BCUT2D eigenvalue weighted by atomic mass is 9.96. The Hall–Kier alpha value is -0.980. The van der Waals surface area contributed by atoms with Gasteiger partial charge in [0.05, 0.1) is 10.6 Å². The smallest absolute Gasteiger partial charge is 0.404 e. The molecule has 0 aromatic heterocycles. The van der Waals surface area contributed by atoms with Gasteiger partial charge in [-0.25, -0.2) is 0 Å². The zero-order valence-electron chi connectivity index (χ0n) is 8.88. The normalized spacial score (nSPS) is 15.5. The van der Waals surface area contributed by atoms with Gasteiger partial charge in [0.2, 0.25) is 0 Å². The van der Waals surface area contributed by atoms with Crippen LogP contribution in [0.15, 0.2) is 18.2 Å². The highest BCUT2D eigenvalue weighted by Crippen LogP contribution is 2.33. The minimum Gasteiger partial charge on any atom is -0.404 e. The molecule has 1 atom stereocenters. The van der Waals surface area contributed by atoms with Crippen LogP contribution < -0.4 is 10.5 Å². The van der Waals surface area contributed by atoms with Crippen LogP contribution in [0.4, 0.5) is 13.2 Å². The van der Waals surface area contributed by atoms with Crippen molar-refractivity contribution in [3.63, 3.8) is 0 Å². The quantitative estimate of drug-likeness (QED) is 0.886. The van der Waals surface area contributed by atoms with E-state index in [1.54, 1.807) is 0 Å². The van der Waals surface area contributed by atoms with Crippen molar-refractivity contribution in [2.24, 2.45) is 5.73 Å². The largest absolute Gasteiger partial charge is 0.573 e. The second kappa shape index (κ2) is 4.72. The zero-order chi connectivity index (χ0) is 13.3. The first-order valence-electron chi connectivity index (χ1n) is 4.64. The molecule has 0 saturated heterocycles. The number of nitrogens with two attached hydrogens (primary N) is 1. The molecule has 1 unspecified atom stereocenters. The molecule has 0 radical (unpaired) electrons. The van der Waals surface area contributed by atoms with E-state index < -0.39 is 17.7 Å². The fourth-order valence-corrected chi connectivity index (χ4v) is 1.38. The molecule has 0 spiro atoms. The number of benzene rings is 1. The lowest BCUT2D eigenvalue weighted by Crippen LogP contribution is -2.31. The molecular formula is C10H11ClF3NO2. The van der Waals surface area contributed by atoms with Crippen LogP contribution in [-0.2, 0) is 5.60 Å². The second-order valence-electron chi connectivity index (χ2n) is 3.67. The number of hydrogen-bond acceptors (Lipinski definition) is 3. The van der Waals surface area contributed by atoms with Crippen LogP contribution in [0.2, 0.25) is 5.02 Å². The summed E-state index contributed by atoms with van der Waals surface area (Å²) in [5, 5.41) is 9.55. The highest BCUT2D eigenvalue weighted by atomic mass is 35.5. The van der Waals surface area contributed by atoms with Crippen LogP contribution in [0.1, 0.15) is 12.5 Å². The van der Waals surface area contributed by atoms with E-state index in [2.05, 4.69) is 4.74 Å². The Kier molecular flexibility index (Phi) is 3.91. The third-order valence-corrected chi connectivity index (χ3v) is 2.47. The molecule has 1 aromatic rings. The molecule has 0 aliphatic heterocycles. The van der Waals surface area contributed by atoms with E-state index in [0.29, 0.717) is 5.56 Å². The average Bonchev–Trinajstić information content (AvgIpc) is 2.19. The number of halogens is 4. The number of ether oxygens (including phenoxy) is 1. The lowest BCUT2D eigenvalue weighted by Gasteiger charge is -2.22. The fraction of sp³-hybridized carbons (Fsp3) is 0.400. The van der Waals surface area contributed by atoms with Crippen molar-refractivity contribution >= 4 is 11.6 Å². The van der Waals surface area contributed by atoms with Crippen molar-refractivity contribution in [3.8, 4) is 5.75 Å². The van der Waals surface area contributed by atoms with Crippen molar-refractivity contribution < 1.29 is 23.0 Å². The molecule has 1 rings (SSSR count). The molecular weight excluding hydrogens is 259 g/mol. The topological polar surface area (TPSA) is 55.5 Å². The molecule has 0 aliphatic rings. The average molecular weight is 270 g/mol. The van der Waals surface area contributed by atoms with Crippen LogP contribution in [0.5, 0.6) is 5.75 Å². The van der Waals surface area contributed by atoms with E-state index in [-0.39, 0.29) is 11.6 Å². The molecule has 3 nitrogen and oxygen atoms in total. The minimum atomic E-state index is -4.80. The molecule has 3 N–H and O–H groups in total. The Bertz CT molecular complexity index is 407. The molecule has 0 amide bonds. The van der Waals surface area contributed by atoms with Crippen molar-refractivity contribution in [1.82, 2.24) is 0 Å². The predicted molar refractivity (Wildman–Crippen MR) is 56.8 cm³/mol. The molecule has 1 aromatic carbocycles. The summed E-state index contributed by atoms with van der Waals surface area (Å²) in [7, 11) is 0. The predicted octanol–water partition coefficient (Wildman–Crippen LogP) is 2.40. The highest BCUT2D eigenvalue weighted by molar-refractivity contribution is 6.32. The van der Waals surface area contributed by atoms with E-state index in [1.165, 1.54) is 19.1 Å². The van der Waals surface area contributed by atoms with Crippen LogP contribution in [0, 0.1) is 0 Å². The first-order chi connectivity index (χ1) is 7.65. The van der Waals surface area contributed by atoms with Crippen molar-refractivity contribution in [1.29, 1.82) is 0 Å². The summed E-state index contributed by atoms with van der Waals surface area (Å²) in [6.45, 7) is 1.35. The van der Waals surface area contributed by atoms with Gasteiger partial charge in [0, 0.05) is 6.54 Å². The SMILES string of the molecule is CC(O)(CN)c1ccc(OC(F)(F)F)c(Cl)c1. The summed E-state index contributed by atoms with van der Waals surface area (Å²) >= 11 is 5.62. The van der Waals surface area contributed by atoms with Gasteiger partial charge in [-0.1, -0.05) is 17.7 Å². The fourth-order valence-electron chi connectivity index (χ4n) is 1.16. The summed E-state index contributed by atoms with van der Waals surface area (Å²) in [6.07, 6.45) is -4.80. The molecule has 17 heavy (non-hydrogen) atoms. The Morgan fingerprint density at radius 2 is 2.00 bits per heavy atom. The van der Waals surface area contributed by atoms with E-state index in [4.69, 9.17) is 17.3 Å². The van der Waals surface area contributed by atoms with Gasteiger partial charge in [-0.2, -0.15) is 0 Å². The van der Waals surface area contributed by atoms with E-state index in [9.17, 15) is 18.3 Å². The molecule has 0 heterocycles. The second-order valence-corrected chi connectivity index (χ2v) is 4.08. The van der Waals surface area contributed by atoms with Gasteiger partial charge in [-0.05, 0) is 24.6 Å². The maximum atomic E-state index is 12.0. The van der Waals surface area contributed by atoms with Crippen molar-refractivity contribution in [2.75, 3.05) is 6.54 Å². The summed E-state index contributed by atoms with van der Waals surface area (Å²) in [6, 6.07) is 3.50. The summed E-state index contributed by atoms with van der Waals surface area (Å²) < 4.78 is 39.6. The summed E-state index contributed by atoms with van der Waals surface area (Å²) in [5.74, 6) is -0.518. The molecule has 0 bridgehead atoms. The molecule has 0 saturated carbocycles. The van der Waals surface area contributed by atoms with E-state index >= 15 is 0 Å². The van der Waals surface area contributed by atoms with E-state index in [0.717, 1.165) is 6.07 Å². The van der Waals surface area contributed by atoms with Gasteiger partial charge < -0.3 is 15.6 Å². The third kappa shape index (κ3) is 3.76. The van der Waals surface area contributed by atoms with Gasteiger partial charge in [0.1, 0.15) is 5.75 Å². The Labute approximate surface area is 101 Å². The molecule has 96 valence electrons. The Morgan fingerprint density at radius 3 is 2.41 bits per heavy atom. The van der Waals surface area contributed by atoms with Gasteiger partial charge >= 0.3 is 6.36 Å². The maximum absolute atomic E-state index is 12.0. The van der Waals surface area contributed by atoms with Gasteiger partial charge in [0.15, 0.2) is 0 Å². The van der Waals surface area contributed by atoms with Crippen LogP contribution >= 0.6 is 11.6 Å². The van der Waals surface area contributed by atoms with Crippen LogP contribution in [-0.4, -0.2) is 18.0 Å². The van der Waals surface area contributed by atoms with Gasteiger partial charge in [-0.15, -0.1) is 13.2 Å². The first-order valence-corrected chi connectivity index (χ1v) is 5.02. The lowest BCUT2D eigenvalue weighted by molar-refractivity contribution is -0.274. The zero-order valence-corrected chi connectivity index (χ0v) is 9.64. The Morgan fingerprint density at radius 1 is 1.41 bits per heavy atom. The monoisotopic (exact) mass is 269 g/mol. The maximum Gasteiger partial charge on any atom is 0.573 e.